The Morgan fingerprint density at radius 1 is 1.00 bits per heavy atom. The number of fused-ring (bicyclic) bond motifs is 3. The molecule has 1 heterocycles. The molecule has 0 spiro atoms. The van der Waals surface area contributed by atoms with E-state index < -0.39 is 0 Å². The number of aromatic nitrogens is 1. The minimum absolute atomic E-state index is 0.543. The molecule has 1 N–H and O–H groups in total. The Bertz CT molecular complexity index is 689. The van der Waals surface area contributed by atoms with Gasteiger partial charge < -0.3 is 4.98 Å². The van der Waals surface area contributed by atoms with E-state index >= 15 is 0 Å². The van der Waals surface area contributed by atoms with E-state index in [1.54, 1.807) is 0 Å². The summed E-state index contributed by atoms with van der Waals surface area (Å²) in [6, 6.07) is 13.2. The lowest BCUT2D eigenvalue weighted by atomic mass is 10.0. The molecule has 0 aliphatic rings. The number of rotatable bonds is 1. The standard InChI is InChI=1S/C16H17N.C2H6/c1-10(2)15-9-13-14(17-15)8-7-12-6-4-5-11(3)16(12)13;1-2/h4-10,17H,1-3H3;1-2H3. The van der Waals surface area contributed by atoms with Gasteiger partial charge in [-0.15, -0.1) is 0 Å². The predicted molar refractivity (Wildman–Crippen MR) is 86.0 cm³/mol. The molecule has 0 saturated heterocycles. The maximum Gasteiger partial charge on any atom is 0.0462 e. The summed E-state index contributed by atoms with van der Waals surface area (Å²) in [6.45, 7) is 10.6. The van der Waals surface area contributed by atoms with Crippen LogP contribution in [0.3, 0.4) is 0 Å². The van der Waals surface area contributed by atoms with Crippen molar-refractivity contribution in [3.63, 3.8) is 0 Å². The number of nitrogens with one attached hydrogen (secondary N) is 1. The number of benzene rings is 2. The summed E-state index contributed by atoms with van der Waals surface area (Å²) in [4.78, 5) is 3.51. The average Bonchev–Trinajstić information content (AvgIpc) is 2.85. The molecule has 0 aliphatic carbocycles. The van der Waals surface area contributed by atoms with Crippen molar-refractivity contribution in [1.29, 1.82) is 0 Å². The molecule has 0 bridgehead atoms. The zero-order valence-electron chi connectivity index (χ0n) is 12.5. The average molecular weight is 253 g/mol. The fourth-order valence-electron chi connectivity index (χ4n) is 2.51. The first-order valence-corrected chi connectivity index (χ1v) is 7.18. The first kappa shape index (κ1) is 13.7. The predicted octanol–water partition coefficient (Wildman–Crippen LogP) is 5.78. The first-order chi connectivity index (χ1) is 9.16. The highest BCUT2D eigenvalue weighted by molar-refractivity contribution is 6.08. The van der Waals surface area contributed by atoms with Crippen molar-refractivity contribution in [2.45, 2.75) is 40.5 Å². The molecule has 0 aliphatic heterocycles. The molecule has 3 rings (SSSR count). The van der Waals surface area contributed by atoms with Gasteiger partial charge in [-0.3, -0.25) is 0 Å². The molecule has 1 heteroatoms. The SMILES string of the molecule is CC.Cc1cccc2ccc3[nH]c(C(C)C)cc3c12. The molecule has 1 aromatic heterocycles. The van der Waals surface area contributed by atoms with Gasteiger partial charge in [-0.25, -0.2) is 0 Å². The van der Waals surface area contributed by atoms with Crippen molar-refractivity contribution in [2.75, 3.05) is 0 Å². The van der Waals surface area contributed by atoms with Crippen LogP contribution in [0.5, 0.6) is 0 Å². The van der Waals surface area contributed by atoms with Gasteiger partial charge in [0.25, 0.3) is 0 Å². The lowest BCUT2D eigenvalue weighted by Crippen LogP contribution is -1.84. The third kappa shape index (κ3) is 2.37. The van der Waals surface area contributed by atoms with E-state index in [9.17, 15) is 0 Å². The molecule has 1 nitrogen and oxygen atoms in total. The van der Waals surface area contributed by atoms with Crippen LogP contribution in [0.4, 0.5) is 0 Å². The molecule has 0 fully saturated rings. The van der Waals surface area contributed by atoms with Crippen LogP contribution >= 0.6 is 0 Å². The van der Waals surface area contributed by atoms with E-state index in [2.05, 4.69) is 62.2 Å². The topological polar surface area (TPSA) is 15.8 Å². The maximum absolute atomic E-state index is 3.51. The van der Waals surface area contributed by atoms with Crippen molar-refractivity contribution >= 4 is 21.7 Å². The normalized spacial score (nSPS) is 10.8. The Balaban J connectivity index is 0.000000637. The molecule has 3 aromatic rings. The highest BCUT2D eigenvalue weighted by Crippen LogP contribution is 2.30. The number of aromatic amines is 1. The van der Waals surface area contributed by atoms with E-state index in [1.165, 1.54) is 32.9 Å². The molecule has 0 radical (unpaired) electrons. The van der Waals surface area contributed by atoms with Crippen molar-refractivity contribution in [2.24, 2.45) is 0 Å². The summed E-state index contributed by atoms with van der Waals surface area (Å²) in [6.07, 6.45) is 0. The van der Waals surface area contributed by atoms with Crippen LogP contribution in [0, 0.1) is 6.92 Å². The van der Waals surface area contributed by atoms with Gasteiger partial charge in [0.2, 0.25) is 0 Å². The van der Waals surface area contributed by atoms with E-state index in [1.807, 2.05) is 13.8 Å². The molecular formula is C18H23N. The van der Waals surface area contributed by atoms with Crippen LogP contribution in [-0.4, -0.2) is 4.98 Å². The van der Waals surface area contributed by atoms with E-state index in [-0.39, 0.29) is 0 Å². The van der Waals surface area contributed by atoms with Crippen LogP contribution in [0.15, 0.2) is 36.4 Å². The van der Waals surface area contributed by atoms with Crippen LogP contribution in [0.25, 0.3) is 21.7 Å². The zero-order valence-corrected chi connectivity index (χ0v) is 12.5. The molecule has 0 saturated carbocycles. The zero-order chi connectivity index (χ0) is 14.0. The summed E-state index contributed by atoms with van der Waals surface area (Å²) in [5.74, 6) is 0.543. The number of aryl methyl sites for hydroxylation is 1. The Morgan fingerprint density at radius 2 is 1.74 bits per heavy atom. The number of hydrogen-bond acceptors (Lipinski definition) is 0. The second-order valence-electron chi connectivity index (χ2n) is 5.08. The molecule has 0 unspecified atom stereocenters. The van der Waals surface area contributed by atoms with Gasteiger partial charge in [-0.05, 0) is 41.3 Å². The van der Waals surface area contributed by atoms with Crippen LogP contribution < -0.4 is 0 Å². The third-order valence-corrected chi connectivity index (χ3v) is 3.49. The van der Waals surface area contributed by atoms with E-state index in [0.717, 1.165) is 0 Å². The quantitative estimate of drug-likeness (QED) is 0.566. The number of hydrogen-bond donors (Lipinski definition) is 1. The van der Waals surface area contributed by atoms with Gasteiger partial charge in [0.15, 0.2) is 0 Å². The lowest BCUT2D eigenvalue weighted by molar-refractivity contribution is 0.836. The van der Waals surface area contributed by atoms with Gasteiger partial charge >= 0.3 is 0 Å². The van der Waals surface area contributed by atoms with E-state index in [0.29, 0.717) is 5.92 Å². The van der Waals surface area contributed by atoms with E-state index in [4.69, 9.17) is 0 Å². The van der Waals surface area contributed by atoms with Crippen LogP contribution in [-0.2, 0) is 0 Å². The highest BCUT2D eigenvalue weighted by atomic mass is 14.7. The Morgan fingerprint density at radius 3 is 2.42 bits per heavy atom. The molecule has 0 atom stereocenters. The Hall–Kier alpha value is -1.76. The fourth-order valence-corrected chi connectivity index (χ4v) is 2.51. The lowest BCUT2D eigenvalue weighted by Gasteiger charge is -2.02. The molecule has 19 heavy (non-hydrogen) atoms. The maximum atomic E-state index is 3.51. The summed E-state index contributed by atoms with van der Waals surface area (Å²) < 4.78 is 0. The molecule has 100 valence electrons. The van der Waals surface area contributed by atoms with Crippen LogP contribution in [0.2, 0.25) is 0 Å². The van der Waals surface area contributed by atoms with Crippen molar-refractivity contribution in [3.05, 3.63) is 47.7 Å². The third-order valence-electron chi connectivity index (χ3n) is 3.49. The van der Waals surface area contributed by atoms with Crippen LogP contribution in [0.1, 0.15) is 44.9 Å². The number of H-pyrrole nitrogens is 1. The Kier molecular flexibility index (Phi) is 3.94. The summed E-state index contributed by atoms with van der Waals surface area (Å²) in [5, 5.41) is 4.06. The minimum Gasteiger partial charge on any atom is -0.358 e. The smallest absolute Gasteiger partial charge is 0.0462 e. The van der Waals surface area contributed by atoms with Gasteiger partial charge in [-0.1, -0.05) is 52.0 Å². The van der Waals surface area contributed by atoms with Gasteiger partial charge in [0, 0.05) is 16.6 Å². The second kappa shape index (κ2) is 5.48. The van der Waals surface area contributed by atoms with Gasteiger partial charge in [0.1, 0.15) is 0 Å². The van der Waals surface area contributed by atoms with Crippen molar-refractivity contribution in [3.8, 4) is 0 Å². The van der Waals surface area contributed by atoms with Crippen molar-refractivity contribution < 1.29 is 0 Å². The van der Waals surface area contributed by atoms with Gasteiger partial charge in [0.05, 0.1) is 0 Å². The minimum atomic E-state index is 0.543. The fraction of sp³-hybridized carbons (Fsp3) is 0.333. The Labute approximate surface area is 115 Å². The summed E-state index contributed by atoms with van der Waals surface area (Å²) in [5.41, 5.74) is 3.91. The first-order valence-electron chi connectivity index (χ1n) is 7.18. The van der Waals surface area contributed by atoms with Gasteiger partial charge in [-0.2, -0.15) is 0 Å². The second-order valence-corrected chi connectivity index (χ2v) is 5.08. The largest absolute Gasteiger partial charge is 0.358 e. The van der Waals surface area contributed by atoms with Crippen molar-refractivity contribution in [1.82, 2.24) is 4.98 Å². The molecule has 2 aromatic carbocycles. The molecule has 0 amide bonds. The summed E-state index contributed by atoms with van der Waals surface area (Å²) in [7, 11) is 0. The highest BCUT2D eigenvalue weighted by Gasteiger charge is 2.08. The monoisotopic (exact) mass is 253 g/mol. The molecular weight excluding hydrogens is 230 g/mol. The summed E-state index contributed by atoms with van der Waals surface area (Å²) >= 11 is 0.